The first-order valence-corrected chi connectivity index (χ1v) is 12.6. The van der Waals surface area contributed by atoms with Crippen LogP contribution in [0.25, 0.3) is 0 Å². The molecule has 2 amide bonds. The van der Waals surface area contributed by atoms with Gasteiger partial charge in [-0.15, -0.1) is 0 Å². The molecule has 0 bridgehead atoms. The monoisotopic (exact) mass is 536 g/mol. The summed E-state index contributed by atoms with van der Waals surface area (Å²) in [4.78, 5) is 38.4. The Morgan fingerprint density at radius 3 is 2.21 bits per heavy atom. The first kappa shape index (κ1) is 25.1. The van der Waals surface area contributed by atoms with E-state index < -0.39 is 39.4 Å². The topological polar surface area (TPSA) is 101 Å². The maximum Gasteiger partial charge on any atom is 0.308 e. The van der Waals surface area contributed by atoms with E-state index in [9.17, 15) is 22.8 Å². The molecule has 10 heteroatoms. The summed E-state index contributed by atoms with van der Waals surface area (Å²) in [5.41, 5.74) is -0.652. The van der Waals surface area contributed by atoms with Crippen LogP contribution in [0.15, 0.2) is 57.9 Å². The molecule has 3 rings (SSSR count). The van der Waals surface area contributed by atoms with Gasteiger partial charge in [-0.1, -0.05) is 22.9 Å². The third kappa shape index (κ3) is 5.02. The number of ether oxygens (including phenoxy) is 1. The first-order chi connectivity index (χ1) is 15.4. The summed E-state index contributed by atoms with van der Waals surface area (Å²) < 4.78 is 34.2. The number of carbonyl (C=O) groups excluding carboxylic acids is 3. The fourth-order valence-corrected chi connectivity index (χ4v) is 5.94. The number of benzene rings is 2. The molecule has 1 atom stereocenters. The highest BCUT2D eigenvalue weighted by Crippen LogP contribution is 2.36. The molecule has 0 aromatic heterocycles. The standard InChI is InChI=1S/C23H25BrN2O6S/c1-5-23(3,4)26(33(30,31)19-12-6-16(24)7-13-19)20-14-21(28)25(22(20)29)17-8-10-18(11-9-17)32-15(2)27/h6-13,20H,5,14H2,1-4H3. The zero-order valence-electron chi connectivity index (χ0n) is 18.7. The summed E-state index contributed by atoms with van der Waals surface area (Å²) in [5, 5.41) is 0. The SMILES string of the molecule is CCC(C)(C)N(C1CC(=O)N(c2ccc(OC(C)=O)cc2)C1=O)S(=O)(=O)c1ccc(Br)cc1. The van der Waals surface area contributed by atoms with E-state index in [1.165, 1.54) is 43.3 Å². The van der Waals surface area contributed by atoms with Crippen LogP contribution < -0.4 is 9.64 Å². The quantitative estimate of drug-likeness (QED) is 0.302. The Morgan fingerprint density at radius 2 is 1.70 bits per heavy atom. The zero-order chi connectivity index (χ0) is 24.6. The van der Waals surface area contributed by atoms with E-state index in [4.69, 9.17) is 4.74 Å². The minimum atomic E-state index is -4.10. The molecule has 0 N–H and O–H groups in total. The highest BCUT2D eigenvalue weighted by molar-refractivity contribution is 9.10. The molecule has 176 valence electrons. The van der Waals surface area contributed by atoms with Crippen molar-refractivity contribution in [2.45, 2.75) is 57.0 Å². The van der Waals surface area contributed by atoms with Gasteiger partial charge in [-0.3, -0.25) is 14.4 Å². The molecule has 2 aromatic rings. The molecule has 8 nitrogen and oxygen atoms in total. The van der Waals surface area contributed by atoms with Gasteiger partial charge in [-0.05, 0) is 68.8 Å². The van der Waals surface area contributed by atoms with Crippen molar-refractivity contribution in [2.24, 2.45) is 0 Å². The van der Waals surface area contributed by atoms with Crippen LogP contribution >= 0.6 is 15.9 Å². The highest BCUT2D eigenvalue weighted by Gasteiger charge is 2.51. The normalized spacial score (nSPS) is 17.0. The number of amides is 2. The van der Waals surface area contributed by atoms with Crippen molar-refractivity contribution in [1.82, 2.24) is 4.31 Å². The van der Waals surface area contributed by atoms with Gasteiger partial charge in [0.2, 0.25) is 15.9 Å². The Kier molecular flexibility index (Phi) is 7.11. The number of anilines is 1. The predicted octanol–water partition coefficient (Wildman–Crippen LogP) is 3.89. The average molecular weight is 537 g/mol. The second-order valence-corrected chi connectivity index (χ2v) is 11.0. The van der Waals surface area contributed by atoms with Gasteiger partial charge in [0.25, 0.3) is 5.91 Å². The number of rotatable bonds is 7. The minimum Gasteiger partial charge on any atom is -0.427 e. The Labute approximate surface area is 201 Å². The summed E-state index contributed by atoms with van der Waals surface area (Å²) >= 11 is 3.30. The molecular weight excluding hydrogens is 512 g/mol. The molecule has 1 aliphatic rings. The molecule has 33 heavy (non-hydrogen) atoms. The summed E-state index contributed by atoms with van der Waals surface area (Å²) in [7, 11) is -4.10. The number of esters is 1. The lowest BCUT2D eigenvalue weighted by Crippen LogP contribution is -2.55. The molecule has 1 fully saturated rings. The molecule has 1 unspecified atom stereocenters. The van der Waals surface area contributed by atoms with E-state index in [1.807, 2.05) is 6.92 Å². The van der Waals surface area contributed by atoms with E-state index in [1.54, 1.807) is 26.0 Å². The van der Waals surface area contributed by atoms with Crippen molar-refractivity contribution in [3.8, 4) is 5.75 Å². The summed E-state index contributed by atoms with van der Waals surface area (Å²) in [6, 6.07) is 10.9. The maximum absolute atomic E-state index is 13.7. The smallest absolute Gasteiger partial charge is 0.308 e. The van der Waals surface area contributed by atoms with E-state index in [0.29, 0.717) is 6.42 Å². The summed E-state index contributed by atoms with van der Waals surface area (Å²) in [6.07, 6.45) is 0.154. The van der Waals surface area contributed by atoms with Gasteiger partial charge >= 0.3 is 5.97 Å². The lowest BCUT2D eigenvalue weighted by Gasteiger charge is -2.39. The predicted molar refractivity (Wildman–Crippen MR) is 126 cm³/mol. The lowest BCUT2D eigenvalue weighted by molar-refractivity contribution is -0.132. The number of carbonyl (C=O) groups is 3. The maximum atomic E-state index is 13.7. The van der Waals surface area contributed by atoms with Gasteiger partial charge in [0, 0.05) is 16.9 Å². The Hall–Kier alpha value is -2.56. The van der Waals surface area contributed by atoms with Crippen molar-refractivity contribution in [3.05, 3.63) is 53.0 Å². The van der Waals surface area contributed by atoms with Gasteiger partial charge in [0.15, 0.2) is 0 Å². The highest BCUT2D eigenvalue weighted by atomic mass is 79.9. The van der Waals surface area contributed by atoms with Crippen LogP contribution in [0.5, 0.6) is 5.75 Å². The number of halogens is 1. The van der Waals surface area contributed by atoms with E-state index in [2.05, 4.69) is 15.9 Å². The molecule has 0 aliphatic carbocycles. The fraction of sp³-hybridized carbons (Fsp3) is 0.348. The van der Waals surface area contributed by atoms with Crippen LogP contribution in [0, 0.1) is 0 Å². The second-order valence-electron chi connectivity index (χ2n) is 8.30. The molecule has 1 aliphatic heterocycles. The molecule has 0 saturated carbocycles. The first-order valence-electron chi connectivity index (χ1n) is 10.3. The molecule has 1 saturated heterocycles. The molecular formula is C23H25BrN2O6S. The molecule has 0 spiro atoms. The number of imide groups is 1. The fourth-order valence-electron chi connectivity index (χ4n) is 3.69. The third-order valence-corrected chi connectivity index (χ3v) is 8.26. The van der Waals surface area contributed by atoms with Crippen LogP contribution in [0.2, 0.25) is 0 Å². The van der Waals surface area contributed by atoms with Crippen LogP contribution in [0.1, 0.15) is 40.5 Å². The number of sulfonamides is 1. The number of nitrogens with zero attached hydrogens (tertiary/aromatic N) is 2. The van der Waals surface area contributed by atoms with Crippen molar-refractivity contribution in [1.29, 1.82) is 0 Å². The van der Waals surface area contributed by atoms with Crippen molar-refractivity contribution < 1.29 is 27.5 Å². The van der Waals surface area contributed by atoms with E-state index >= 15 is 0 Å². The summed E-state index contributed by atoms with van der Waals surface area (Å²) in [6.45, 7) is 6.56. The number of hydrogen-bond acceptors (Lipinski definition) is 6. The largest absolute Gasteiger partial charge is 0.427 e. The molecule has 0 radical (unpaired) electrons. The Bertz CT molecular complexity index is 1180. The van der Waals surface area contributed by atoms with Crippen molar-refractivity contribution in [3.63, 3.8) is 0 Å². The van der Waals surface area contributed by atoms with Crippen LogP contribution in [-0.2, 0) is 24.4 Å². The van der Waals surface area contributed by atoms with Crippen LogP contribution in [0.4, 0.5) is 5.69 Å². The number of hydrogen-bond donors (Lipinski definition) is 0. The molecule has 1 heterocycles. The van der Waals surface area contributed by atoms with Crippen molar-refractivity contribution >= 4 is 49.4 Å². The Morgan fingerprint density at radius 1 is 1.12 bits per heavy atom. The second kappa shape index (κ2) is 9.36. The van der Waals surface area contributed by atoms with Crippen molar-refractivity contribution in [2.75, 3.05) is 4.90 Å². The van der Waals surface area contributed by atoms with Gasteiger partial charge in [-0.2, -0.15) is 4.31 Å². The lowest BCUT2D eigenvalue weighted by atomic mass is 10.00. The van der Waals surface area contributed by atoms with Gasteiger partial charge in [-0.25, -0.2) is 13.3 Å². The Balaban J connectivity index is 2.01. The van der Waals surface area contributed by atoms with Gasteiger partial charge in [0.1, 0.15) is 11.8 Å². The van der Waals surface area contributed by atoms with Crippen LogP contribution in [-0.4, -0.2) is 42.1 Å². The zero-order valence-corrected chi connectivity index (χ0v) is 21.1. The van der Waals surface area contributed by atoms with Crippen LogP contribution in [0.3, 0.4) is 0 Å². The van der Waals surface area contributed by atoms with Gasteiger partial charge < -0.3 is 4.74 Å². The van der Waals surface area contributed by atoms with Gasteiger partial charge in [0.05, 0.1) is 17.0 Å². The van der Waals surface area contributed by atoms with E-state index in [0.717, 1.165) is 13.7 Å². The minimum absolute atomic E-state index is 0.0386. The molecule has 2 aromatic carbocycles. The third-order valence-electron chi connectivity index (χ3n) is 5.59. The van der Waals surface area contributed by atoms with E-state index in [-0.39, 0.29) is 22.8 Å². The summed E-state index contributed by atoms with van der Waals surface area (Å²) in [5.74, 6) is -1.35. The average Bonchev–Trinajstić information content (AvgIpc) is 3.01.